The maximum atomic E-state index is 11.7. The molecule has 2 atom stereocenters. The highest BCUT2D eigenvalue weighted by Gasteiger charge is 2.24. The standard InChI is InChI=1S/C14H23N3OS.2ClH/c1-11(15)9-14(18)16-10-12(13-5-4-8-19-13)17-6-2-3-7-17;;/h4-5,8,11-12H,2-3,6-7,9-10,15H2,1H3,(H,16,18);2*1H. The first-order valence-electron chi connectivity index (χ1n) is 6.96. The van der Waals surface area contributed by atoms with Gasteiger partial charge in [-0.25, -0.2) is 0 Å². The summed E-state index contributed by atoms with van der Waals surface area (Å²) < 4.78 is 0. The number of hydrogen-bond acceptors (Lipinski definition) is 4. The molecule has 1 saturated heterocycles. The molecule has 1 aromatic heterocycles. The van der Waals surface area contributed by atoms with Gasteiger partial charge in [-0.15, -0.1) is 36.2 Å². The monoisotopic (exact) mass is 353 g/mol. The number of carbonyl (C=O) groups is 1. The van der Waals surface area contributed by atoms with Crippen LogP contribution in [-0.4, -0.2) is 36.5 Å². The Bertz CT molecular complexity index is 395. The molecular formula is C14H25Cl2N3OS. The topological polar surface area (TPSA) is 58.4 Å². The maximum Gasteiger partial charge on any atom is 0.221 e. The third-order valence-electron chi connectivity index (χ3n) is 3.45. The first-order chi connectivity index (χ1) is 9.16. The summed E-state index contributed by atoms with van der Waals surface area (Å²) in [6.07, 6.45) is 2.92. The largest absolute Gasteiger partial charge is 0.354 e. The summed E-state index contributed by atoms with van der Waals surface area (Å²) in [4.78, 5) is 15.5. The second kappa shape index (κ2) is 10.4. The van der Waals surface area contributed by atoms with Gasteiger partial charge in [0.25, 0.3) is 0 Å². The molecule has 0 spiro atoms. The molecule has 21 heavy (non-hydrogen) atoms. The van der Waals surface area contributed by atoms with Gasteiger partial charge in [0.05, 0.1) is 6.04 Å². The van der Waals surface area contributed by atoms with Crippen LogP contribution in [0.5, 0.6) is 0 Å². The Labute approximate surface area is 143 Å². The minimum atomic E-state index is -0.0769. The van der Waals surface area contributed by atoms with Crippen molar-refractivity contribution in [1.82, 2.24) is 10.2 Å². The number of halogens is 2. The van der Waals surface area contributed by atoms with Crippen molar-refractivity contribution in [2.24, 2.45) is 5.73 Å². The molecule has 0 aliphatic carbocycles. The number of nitrogens with two attached hydrogens (primary N) is 1. The molecule has 0 bridgehead atoms. The van der Waals surface area contributed by atoms with Crippen LogP contribution in [0.1, 0.15) is 37.1 Å². The van der Waals surface area contributed by atoms with Crippen LogP contribution in [0.25, 0.3) is 0 Å². The van der Waals surface area contributed by atoms with Crippen molar-refractivity contribution in [3.8, 4) is 0 Å². The van der Waals surface area contributed by atoms with E-state index in [4.69, 9.17) is 5.73 Å². The quantitative estimate of drug-likeness (QED) is 0.826. The lowest BCUT2D eigenvalue weighted by Crippen LogP contribution is -2.38. The SMILES string of the molecule is CC(N)CC(=O)NCC(c1cccs1)N1CCCC1.Cl.Cl. The number of hydrogen-bond donors (Lipinski definition) is 2. The summed E-state index contributed by atoms with van der Waals surface area (Å²) in [5.74, 6) is 0.0516. The molecule has 1 aliphatic heterocycles. The van der Waals surface area contributed by atoms with Crippen LogP contribution in [0.3, 0.4) is 0 Å². The minimum Gasteiger partial charge on any atom is -0.354 e. The van der Waals surface area contributed by atoms with E-state index in [1.54, 1.807) is 11.3 Å². The summed E-state index contributed by atoms with van der Waals surface area (Å²) in [5.41, 5.74) is 5.65. The van der Waals surface area contributed by atoms with Gasteiger partial charge in [-0.05, 0) is 44.3 Å². The molecule has 1 aromatic rings. The van der Waals surface area contributed by atoms with Crippen LogP contribution < -0.4 is 11.1 Å². The highest BCUT2D eigenvalue weighted by atomic mass is 35.5. The van der Waals surface area contributed by atoms with E-state index in [9.17, 15) is 4.79 Å². The Morgan fingerprint density at radius 3 is 2.62 bits per heavy atom. The number of thiophene rings is 1. The van der Waals surface area contributed by atoms with Gasteiger partial charge < -0.3 is 11.1 Å². The molecule has 0 aromatic carbocycles. The molecule has 0 radical (unpaired) electrons. The van der Waals surface area contributed by atoms with Gasteiger partial charge >= 0.3 is 0 Å². The minimum absolute atomic E-state index is 0. The van der Waals surface area contributed by atoms with Crippen molar-refractivity contribution < 1.29 is 4.79 Å². The molecule has 2 unspecified atom stereocenters. The first-order valence-corrected chi connectivity index (χ1v) is 7.84. The molecular weight excluding hydrogens is 329 g/mol. The maximum absolute atomic E-state index is 11.7. The van der Waals surface area contributed by atoms with E-state index in [0.717, 1.165) is 13.1 Å². The number of carbonyl (C=O) groups excluding carboxylic acids is 1. The van der Waals surface area contributed by atoms with Crippen molar-refractivity contribution in [1.29, 1.82) is 0 Å². The fourth-order valence-corrected chi connectivity index (χ4v) is 3.38. The Kier molecular flexibility index (Phi) is 10.2. The Morgan fingerprint density at radius 2 is 2.10 bits per heavy atom. The van der Waals surface area contributed by atoms with Crippen molar-refractivity contribution in [3.63, 3.8) is 0 Å². The fourth-order valence-electron chi connectivity index (χ4n) is 2.52. The van der Waals surface area contributed by atoms with E-state index in [0.29, 0.717) is 19.0 Å². The fraction of sp³-hybridized carbons (Fsp3) is 0.643. The van der Waals surface area contributed by atoms with Crippen LogP contribution in [-0.2, 0) is 4.79 Å². The Hall–Kier alpha value is -0.330. The predicted octanol–water partition coefficient (Wildman–Crippen LogP) is 2.58. The third-order valence-corrected chi connectivity index (χ3v) is 4.43. The lowest BCUT2D eigenvalue weighted by atomic mass is 10.2. The van der Waals surface area contributed by atoms with E-state index < -0.39 is 0 Å². The van der Waals surface area contributed by atoms with Crippen molar-refractivity contribution >= 4 is 42.1 Å². The zero-order valence-corrected chi connectivity index (χ0v) is 14.7. The summed E-state index contributed by atoms with van der Waals surface area (Å²) in [7, 11) is 0. The Morgan fingerprint density at radius 1 is 1.43 bits per heavy atom. The summed E-state index contributed by atoms with van der Waals surface area (Å²) in [5, 5.41) is 5.12. The molecule has 1 amide bonds. The molecule has 0 saturated carbocycles. The number of nitrogens with zero attached hydrogens (tertiary/aromatic N) is 1. The number of amides is 1. The smallest absolute Gasteiger partial charge is 0.221 e. The molecule has 122 valence electrons. The average molecular weight is 354 g/mol. The van der Waals surface area contributed by atoms with Gasteiger partial charge in [-0.3, -0.25) is 9.69 Å². The average Bonchev–Trinajstić information content (AvgIpc) is 3.00. The van der Waals surface area contributed by atoms with Gasteiger partial charge in [0.1, 0.15) is 0 Å². The van der Waals surface area contributed by atoms with E-state index in [-0.39, 0.29) is 36.8 Å². The van der Waals surface area contributed by atoms with Gasteiger partial charge in [0.15, 0.2) is 0 Å². The molecule has 1 aliphatic rings. The van der Waals surface area contributed by atoms with Crippen LogP contribution in [0.15, 0.2) is 17.5 Å². The second-order valence-electron chi connectivity index (χ2n) is 5.26. The van der Waals surface area contributed by atoms with Crippen molar-refractivity contribution in [2.45, 2.75) is 38.3 Å². The van der Waals surface area contributed by atoms with Gasteiger partial charge in [0, 0.05) is 23.9 Å². The second-order valence-corrected chi connectivity index (χ2v) is 6.24. The predicted molar refractivity (Wildman–Crippen MR) is 93.6 cm³/mol. The number of likely N-dealkylation sites (tertiary alicyclic amines) is 1. The third kappa shape index (κ3) is 6.53. The van der Waals surface area contributed by atoms with E-state index >= 15 is 0 Å². The van der Waals surface area contributed by atoms with Crippen LogP contribution in [0.4, 0.5) is 0 Å². The molecule has 2 heterocycles. The van der Waals surface area contributed by atoms with Crippen LogP contribution in [0, 0.1) is 0 Å². The summed E-state index contributed by atoms with van der Waals surface area (Å²) in [6, 6.07) is 4.48. The van der Waals surface area contributed by atoms with Crippen molar-refractivity contribution in [2.75, 3.05) is 19.6 Å². The molecule has 7 heteroatoms. The first kappa shape index (κ1) is 20.7. The number of rotatable bonds is 6. The van der Waals surface area contributed by atoms with E-state index in [1.807, 2.05) is 6.92 Å². The normalized spacial score (nSPS) is 17.4. The van der Waals surface area contributed by atoms with Crippen molar-refractivity contribution in [3.05, 3.63) is 22.4 Å². The Balaban J connectivity index is 0.00000200. The van der Waals surface area contributed by atoms with Gasteiger partial charge in [-0.1, -0.05) is 6.07 Å². The highest BCUT2D eigenvalue weighted by molar-refractivity contribution is 7.10. The number of nitrogens with one attached hydrogen (secondary N) is 1. The van der Waals surface area contributed by atoms with Gasteiger partial charge in [-0.2, -0.15) is 0 Å². The van der Waals surface area contributed by atoms with Crippen LogP contribution >= 0.6 is 36.2 Å². The van der Waals surface area contributed by atoms with E-state index in [1.165, 1.54) is 17.7 Å². The summed E-state index contributed by atoms with van der Waals surface area (Å²) in [6.45, 7) is 4.81. The lowest BCUT2D eigenvalue weighted by molar-refractivity contribution is -0.121. The zero-order chi connectivity index (χ0) is 13.7. The van der Waals surface area contributed by atoms with Gasteiger partial charge in [0.2, 0.25) is 5.91 Å². The lowest BCUT2D eigenvalue weighted by Gasteiger charge is -2.27. The molecule has 2 rings (SSSR count). The highest BCUT2D eigenvalue weighted by Crippen LogP contribution is 2.27. The summed E-state index contributed by atoms with van der Waals surface area (Å²) >= 11 is 1.77. The molecule has 1 fully saturated rings. The molecule has 4 nitrogen and oxygen atoms in total. The zero-order valence-electron chi connectivity index (χ0n) is 12.3. The van der Waals surface area contributed by atoms with Crippen LogP contribution in [0.2, 0.25) is 0 Å². The molecule has 3 N–H and O–H groups in total. The van der Waals surface area contributed by atoms with E-state index in [2.05, 4.69) is 27.7 Å².